The normalized spacial score (nSPS) is 16.0. The van der Waals surface area contributed by atoms with Gasteiger partial charge in [0.05, 0.1) is 5.56 Å². The molecule has 1 aromatic heterocycles. The zero-order valence-corrected chi connectivity index (χ0v) is 20.3. The molecule has 0 radical (unpaired) electrons. The van der Waals surface area contributed by atoms with E-state index in [-0.39, 0.29) is 5.41 Å². The molecule has 0 unspecified atom stereocenters. The van der Waals surface area contributed by atoms with E-state index in [4.69, 9.17) is 21.3 Å². The van der Waals surface area contributed by atoms with Crippen LogP contribution in [-0.4, -0.2) is 6.21 Å². The number of halogens is 1. The van der Waals surface area contributed by atoms with Crippen LogP contribution in [0.25, 0.3) is 0 Å². The van der Waals surface area contributed by atoms with Gasteiger partial charge in [-0.15, -0.1) is 11.3 Å². The SMILES string of the molecule is CC(C)(C)[C@H]1CCc2c(sc(N=Cc3ccccc3OCc3ccc(Cl)cc3)c2C#N)C1. The molecule has 3 aromatic rings. The Balaban J connectivity index is 1.55. The predicted molar refractivity (Wildman–Crippen MR) is 133 cm³/mol. The lowest BCUT2D eigenvalue weighted by Crippen LogP contribution is -2.26. The highest BCUT2D eigenvalue weighted by Crippen LogP contribution is 2.44. The second-order valence-electron chi connectivity index (χ2n) is 9.31. The van der Waals surface area contributed by atoms with Crippen LogP contribution in [0, 0.1) is 22.7 Å². The standard InChI is InChI=1S/C27H27ClN2OS/c1-27(2,3)20-10-13-22-23(15-29)26(32-25(22)14-20)30-16-19-6-4-5-7-24(19)31-17-18-8-11-21(28)12-9-18/h4-9,11-12,16,20H,10,13-14,17H2,1-3H3/t20-/m0/s1. The zero-order valence-electron chi connectivity index (χ0n) is 18.7. The summed E-state index contributed by atoms with van der Waals surface area (Å²) < 4.78 is 6.04. The van der Waals surface area contributed by atoms with E-state index >= 15 is 0 Å². The number of hydrogen-bond donors (Lipinski definition) is 0. The summed E-state index contributed by atoms with van der Waals surface area (Å²) in [6, 6.07) is 17.9. The first kappa shape index (κ1) is 22.6. The lowest BCUT2D eigenvalue weighted by atomic mass is 9.72. The highest BCUT2D eigenvalue weighted by molar-refractivity contribution is 7.16. The Morgan fingerprint density at radius 3 is 2.66 bits per heavy atom. The lowest BCUT2D eigenvalue weighted by molar-refractivity contribution is 0.218. The van der Waals surface area contributed by atoms with Crippen molar-refractivity contribution in [2.24, 2.45) is 16.3 Å². The van der Waals surface area contributed by atoms with E-state index in [9.17, 15) is 5.26 Å². The van der Waals surface area contributed by atoms with Crippen molar-refractivity contribution in [3.8, 4) is 11.8 Å². The Hall–Kier alpha value is -2.61. The maximum atomic E-state index is 9.82. The zero-order chi connectivity index (χ0) is 22.7. The monoisotopic (exact) mass is 462 g/mol. The number of ether oxygens (including phenoxy) is 1. The topological polar surface area (TPSA) is 45.4 Å². The van der Waals surface area contributed by atoms with Crippen LogP contribution < -0.4 is 4.74 Å². The highest BCUT2D eigenvalue weighted by Gasteiger charge is 2.32. The maximum absolute atomic E-state index is 9.82. The summed E-state index contributed by atoms with van der Waals surface area (Å²) in [5, 5.41) is 11.3. The molecule has 0 amide bonds. The minimum absolute atomic E-state index is 0.276. The predicted octanol–water partition coefficient (Wildman–Crippen LogP) is 7.75. The van der Waals surface area contributed by atoms with Crippen molar-refractivity contribution in [1.82, 2.24) is 0 Å². The molecule has 0 spiro atoms. The summed E-state index contributed by atoms with van der Waals surface area (Å²) in [5.74, 6) is 1.40. The van der Waals surface area contributed by atoms with E-state index < -0.39 is 0 Å². The average Bonchev–Trinajstić information content (AvgIpc) is 3.14. The van der Waals surface area contributed by atoms with Gasteiger partial charge < -0.3 is 4.74 Å². The first-order valence-electron chi connectivity index (χ1n) is 10.9. The number of rotatable bonds is 5. The van der Waals surface area contributed by atoms with Crippen molar-refractivity contribution < 1.29 is 4.74 Å². The van der Waals surface area contributed by atoms with Gasteiger partial charge in [0.25, 0.3) is 0 Å². The molecule has 3 nitrogen and oxygen atoms in total. The number of nitrogens with zero attached hydrogens (tertiary/aromatic N) is 2. The summed E-state index contributed by atoms with van der Waals surface area (Å²) in [6.07, 6.45) is 4.95. The Kier molecular flexibility index (Phi) is 6.69. The molecule has 0 fully saturated rings. The van der Waals surface area contributed by atoms with Crippen molar-refractivity contribution in [2.45, 2.75) is 46.6 Å². The first-order chi connectivity index (χ1) is 15.3. The Morgan fingerprint density at radius 2 is 1.94 bits per heavy atom. The van der Waals surface area contributed by atoms with Gasteiger partial charge >= 0.3 is 0 Å². The van der Waals surface area contributed by atoms with Crippen LogP contribution >= 0.6 is 22.9 Å². The van der Waals surface area contributed by atoms with E-state index in [0.717, 1.165) is 46.7 Å². The molecule has 164 valence electrons. The van der Waals surface area contributed by atoms with Gasteiger partial charge in [-0.3, -0.25) is 0 Å². The number of nitriles is 1. The van der Waals surface area contributed by atoms with E-state index in [0.29, 0.717) is 17.5 Å². The van der Waals surface area contributed by atoms with E-state index in [1.54, 1.807) is 11.3 Å². The number of fused-ring (bicyclic) bond motifs is 1. The molecule has 0 aliphatic heterocycles. The van der Waals surface area contributed by atoms with Crippen molar-refractivity contribution in [1.29, 1.82) is 5.26 Å². The lowest BCUT2D eigenvalue weighted by Gasteiger charge is -2.33. The number of thiophene rings is 1. The van der Waals surface area contributed by atoms with Gasteiger partial charge in [-0.2, -0.15) is 5.26 Å². The van der Waals surface area contributed by atoms with Crippen molar-refractivity contribution in [2.75, 3.05) is 0 Å². The third-order valence-corrected chi connectivity index (χ3v) is 7.55. The summed E-state index contributed by atoms with van der Waals surface area (Å²) in [6.45, 7) is 7.37. The molecule has 1 aliphatic rings. The second kappa shape index (κ2) is 9.48. The maximum Gasteiger partial charge on any atom is 0.134 e. The Bertz CT molecular complexity index is 1170. The molecule has 1 atom stereocenters. The fraction of sp³-hybridized carbons (Fsp3) is 0.333. The van der Waals surface area contributed by atoms with Gasteiger partial charge in [0, 0.05) is 21.7 Å². The van der Waals surface area contributed by atoms with Crippen molar-refractivity contribution in [3.05, 3.63) is 80.7 Å². The van der Waals surface area contributed by atoms with E-state index in [2.05, 4.69) is 26.8 Å². The quantitative estimate of drug-likeness (QED) is 0.364. The number of hydrogen-bond acceptors (Lipinski definition) is 4. The summed E-state index contributed by atoms with van der Waals surface area (Å²) in [7, 11) is 0. The van der Waals surface area contributed by atoms with Gasteiger partial charge in [-0.05, 0) is 66.0 Å². The third kappa shape index (κ3) is 5.06. The molecule has 0 saturated carbocycles. The highest BCUT2D eigenvalue weighted by atomic mass is 35.5. The van der Waals surface area contributed by atoms with Gasteiger partial charge in [0.1, 0.15) is 23.4 Å². The van der Waals surface area contributed by atoms with Crippen LogP contribution in [0.4, 0.5) is 5.00 Å². The largest absolute Gasteiger partial charge is 0.488 e. The van der Waals surface area contributed by atoms with Gasteiger partial charge in [0.2, 0.25) is 0 Å². The fourth-order valence-corrected chi connectivity index (χ4v) is 5.45. The third-order valence-electron chi connectivity index (χ3n) is 6.13. The molecule has 32 heavy (non-hydrogen) atoms. The number of para-hydroxylation sites is 1. The van der Waals surface area contributed by atoms with Crippen LogP contribution in [-0.2, 0) is 19.4 Å². The molecule has 4 rings (SSSR count). The first-order valence-corrected chi connectivity index (χ1v) is 12.1. The van der Waals surface area contributed by atoms with Crippen LogP contribution in [0.1, 0.15) is 54.3 Å². The number of benzene rings is 2. The smallest absolute Gasteiger partial charge is 0.134 e. The molecule has 5 heteroatoms. The average molecular weight is 463 g/mol. The number of aliphatic imine (C=N–C) groups is 1. The van der Waals surface area contributed by atoms with Crippen molar-refractivity contribution >= 4 is 34.2 Å². The van der Waals surface area contributed by atoms with Crippen LogP contribution in [0.5, 0.6) is 5.75 Å². The Labute approximate surface area is 199 Å². The molecule has 0 bridgehead atoms. The van der Waals surface area contributed by atoms with Crippen LogP contribution in [0.3, 0.4) is 0 Å². The molecular weight excluding hydrogens is 436 g/mol. The summed E-state index contributed by atoms with van der Waals surface area (Å²) >= 11 is 7.64. The molecule has 0 N–H and O–H groups in total. The molecule has 1 aliphatic carbocycles. The summed E-state index contributed by atoms with van der Waals surface area (Å²) in [5.41, 5.74) is 4.17. The van der Waals surface area contributed by atoms with Crippen LogP contribution in [0.2, 0.25) is 5.02 Å². The molecular formula is C27H27ClN2OS. The minimum Gasteiger partial charge on any atom is -0.488 e. The van der Waals surface area contributed by atoms with Crippen molar-refractivity contribution in [3.63, 3.8) is 0 Å². The van der Waals surface area contributed by atoms with Gasteiger partial charge in [0.15, 0.2) is 0 Å². The fourth-order valence-electron chi connectivity index (χ4n) is 4.11. The molecule has 0 saturated heterocycles. The Morgan fingerprint density at radius 1 is 1.19 bits per heavy atom. The van der Waals surface area contributed by atoms with E-state index in [1.165, 1.54) is 10.4 Å². The second-order valence-corrected chi connectivity index (χ2v) is 10.8. The molecule has 2 aromatic carbocycles. The van der Waals surface area contributed by atoms with Gasteiger partial charge in [-0.25, -0.2) is 4.99 Å². The van der Waals surface area contributed by atoms with Crippen LogP contribution in [0.15, 0.2) is 53.5 Å². The molecule has 1 heterocycles. The van der Waals surface area contributed by atoms with Gasteiger partial charge in [-0.1, -0.05) is 56.6 Å². The van der Waals surface area contributed by atoms with E-state index in [1.807, 2.05) is 54.7 Å². The minimum atomic E-state index is 0.276. The summed E-state index contributed by atoms with van der Waals surface area (Å²) in [4.78, 5) is 6.07.